The molecule has 0 saturated carbocycles. The van der Waals surface area contributed by atoms with Gasteiger partial charge < -0.3 is 18.9 Å². The van der Waals surface area contributed by atoms with Gasteiger partial charge in [0.25, 0.3) is 0 Å². The number of allylic oxidation sites excluding steroid dienone is 4. The van der Waals surface area contributed by atoms with Crippen molar-refractivity contribution in [3.05, 3.63) is 35.4 Å². The molecule has 9 nitrogen and oxygen atoms in total. The monoisotopic (exact) mass is 540 g/mol. The lowest BCUT2D eigenvalue weighted by Crippen LogP contribution is -2.45. The summed E-state index contributed by atoms with van der Waals surface area (Å²) < 4.78 is 21.2. The van der Waals surface area contributed by atoms with Crippen LogP contribution in [-0.2, 0) is 42.9 Å². The first-order valence-corrected chi connectivity index (χ1v) is 12.7. The van der Waals surface area contributed by atoms with E-state index in [0.717, 1.165) is 6.42 Å². The highest BCUT2D eigenvalue weighted by Crippen LogP contribution is 2.43. The van der Waals surface area contributed by atoms with Crippen LogP contribution in [0.5, 0.6) is 0 Å². The summed E-state index contributed by atoms with van der Waals surface area (Å²) in [6.45, 7) is 5.66. The minimum Gasteiger partial charge on any atom is -0.469 e. The maximum Gasteiger partial charge on any atom is 0.305 e. The number of carbonyl (C=O) groups is 5. The maximum atomic E-state index is 13.1. The Labute approximate surface area is 223 Å². The van der Waals surface area contributed by atoms with E-state index in [2.05, 4.69) is 4.74 Å². The van der Waals surface area contributed by atoms with Crippen LogP contribution in [0.1, 0.15) is 72.6 Å². The van der Waals surface area contributed by atoms with Crippen molar-refractivity contribution >= 4 is 41.3 Å². The molecule has 4 unspecified atom stereocenters. The maximum absolute atomic E-state index is 13.1. The van der Waals surface area contributed by atoms with Crippen molar-refractivity contribution in [2.24, 2.45) is 5.92 Å². The van der Waals surface area contributed by atoms with Crippen LogP contribution < -0.4 is 0 Å². The molecule has 37 heavy (non-hydrogen) atoms. The van der Waals surface area contributed by atoms with E-state index in [9.17, 15) is 24.0 Å². The molecule has 0 saturated heterocycles. The Hall–Kier alpha value is -2.94. The number of rotatable bonds is 15. The number of hydrogen-bond donors (Lipinski definition) is 0. The number of carbonyl (C=O) groups excluding carboxylic acids is 5. The molecule has 0 fully saturated rings. The normalized spacial score (nSPS) is 21.0. The average Bonchev–Trinajstić information content (AvgIpc) is 3.03. The molecule has 0 bridgehead atoms. The quantitative estimate of drug-likeness (QED) is 0.168. The molecule has 0 amide bonds. The van der Waals surface area contributed by atoms with Gasteiger partial charge in [-0.3, -0.25) is 24.0 Å². The van der Waals surface area contributed by atoms with Crippen LogP contribution in [0.3, 0.4) is 0 Å². The zero-order valence-corrected chi connectivity index (χ0v) is 22.9. The average molecular weight is 541 g/mol. The first-order chi connectivity index (χ1) is 17.5. The first-order valence-electron chi connectivity index (χ1n) is 12.3. The van der Waals surface area contributed by atoms with E-state index in [0.29, 0.717) is 6.42 Å². The van der Waals surface area contributed by atoms with Crippen molar-refractivity contribution in [2.45, 2.75) is 90.4 Å². The minimum absolute atomic E-state index is 0.0610. The third-order valence-electron chi connectivity index (χ3n) is 5.74. The molecule has 206 valence electrons. The number of hydrogen-bond acceptors (Lipinski definition) is 9. The highest BCUT2D eigenvalue weighted by molar-refractivity contribution is 6.43. The van der Waals surface area contributed by atoms with Crippen LogP contribution in [0.25, 0.3) is 0 Å². The van der Waals surface area contributed by atoms with Crippen molar-refractivity contribution in [3.63, 3.8) is 0 Å². The zero-order valence-electron chi connectivity index (χ0n) is 22.1. The Balaban J connectivity index is 3.31. The van der Waals surface area contributed by atoms with Crippen molar-refractivity contribution in [1.29, 1.82) is 0 Å². The third kappa shape index (κ3) is 10.9. The predicted molar refractivity (Wildman–Crippen MR) is 136 cm³/mol. The van der Waals surface area contributed by atoms with Crippen LogP contribution in [0.2, 0.25) is 0 Å². The van der Waals surface area contributed by atoms with E-state index in [-0.39, 0.29) is 37.1 Å². The molecule has 0 aromatic rings. The van der Waals surface area contributed by atoms with Gasteiger partial charge in [-0.05, 0) is 31.8 Å². The van der Waals surface area contributed by atoms with Gasteiger partial charge in [0, 0.05) is 40.0 Å². The zero-order chi connectivity index (χ0) is 28.0. The number of ketones is 1. The summed E-state index contributed by atoms with van der Waals surface area (Å²) in [4.78, 5) is 60.6. The van der Waals surface area contributed by atoms with Crippen LogP contribution in [0.15, 0.2) is 35.4 Å². The molecule has 10 heteroatoms. The molecular formula is C27H37ClO9. The van der Waals surface area contributed by atoms with E-state index < -0.39 is 53.4 Å². The number of methoxy groups -OCH3 is 1. The fourth-order valence-electron chi connectivity index (χ4n) is 4.20. The summed E-state index contributed by atoms with van der Waals surface area (Å²) in [5.41, 5.74) is -1.41. The van der Waals surface area contributed by atoms with Gasteiger partial charge in [0.05, 0.1) is 18.1 Å². The second-order valence-corrected chi connectivity index (χ2v) is 9.16. The molecule has 4 atom stereocenters. The Kier molecular flexibility index (Phi) is 13.9. The molecule has 1 aliphatic carbocycles. The van der Waals surface area contributed by atoms with E-state index in [1.807, 2.05) is 25.2 Å². The predicted octanol–water partition coefficient (Wildman–Crippen LogP) is 4.51. The van der Waals surface area contributed by atoms with Crippen LogP contribution >= 0.6 is 11.6 Å². The lowest BCUT2D eigenvalue weighted by molar-refractivity contribution is -0.172. The molecule has 1 rings (SSSR count). The number of Topliss-reactive ketones (excluding diaryl/α,β-unsaturated/α-hetero) is 1. The lowest BCUT2D eigenvalue weighted by Gasteiger charge is -2.35. The number of esters is 4. The molecule has 0 aromatic carbocycles. The summed E-state index contributed by atoms with van der Waals surface area (Å²) in [6, 6.07) is 0. The van der Waals surface area contributed by atoms with Gasteiger partial charge in [-0.25, -0.2) is 0 Å². The molecule has 1 aliphatic rings. The van der Waals surface area contributed by atoms with Gasteiger partial charge in [-0.2, -0.15) is 0 Å². The highest BCUT2D eigenvalue weighted by Gasteiger charge is 2.51. The van der Waals surface area contributed by atoms with Gasteiger partial charge in [0.15, 0.2) is 5.78 Å². The number of halogens is 1. The Bertz CT molecular complexity index is 921. The smallest absolute Gasteiger partial charge is 0.305 e. The molecule has 0 aromatic heterocycles. The number of ether oxygens (including phenoxy) is 4. The molecule has 0 aliphatic heterocycles. The van der Waals surface area contributed by atoms with Crippen molar-refractivity contribution in [3.8, 4) is 0 Å². The van der Waals surface area contributed by atoms with E-state index >= 15 is 0 Å². The summed E-state index contributed by atoms with van der Waals surface area (Å²) in [6.07, 6.45) is 9.20. The van der Waals surface area contributed by atoms with Crippen LogP contribution in [0, 0.1) is 5.92 Å². The Morgan fingerprint density at radius 3 is 2.19 bits per heavy atom. The van der Waals surface area contributed by atoms with Crippen molar-refractivity contribution in [1.82, 2.24) is 0 Å². The second-order valence-electron chi connectivity index (χ2n) is 8.75. The Morgan fingerprint density at radius 2 is 1.62 bits per heavy atom. The fourth-order valence-corrected chi connectivity index (χ4v) is 4.52. The van der Waals surface area contributed by atoms with Gasteiger partial charge in [-0.15, -0.1) is 0 Å². The minimum atomic E-state index is -1.41. The summed E-state index contributed by atoms with van der Waals surface area (Å²) in [7, 11) is 1.26. The molecule has 0 N–H and O–H groups in total. The van der Waals surface area contributed by atoms with Crippen LogP contribution in [0.4, 0.5) is 0 Å². The van der Waals surface area contributed by atoms with E-state index in [1.54, 1.807) is 6.08 Å². The molecule has 0 heterocycles. The molecule has 0 radical (unpaired) electrons. The summed E-state index contributed by atoms with van der Waals surface area (Å²) in [5, 5.41) is -0.0955. The second kappa shape index (κ2) is 16.0. The van der Waals surface area contributed by atoms with Gasteiger partial charge in [0.2, 0.25) is 0 Å². The van der Waals surface area contributed by atoms with E-state index in [1.165, 1.54) is 34.0 Å². The van der Waals surface area contributed by atoms with Gasteiger partial charge in [-0.1, -0.05) is 42.8 Å². The first kappa shape index (κ1) is 32.1. The van der Waals surface area contributed by atoms with Crippen molar-refractivity contribution < 1.29 is 42.9 Å². The Morgan fingerprint density at radius 1 is 1.00 bits per heavy atom. The molecule has 0 spiro atoms. The van der Waals surface area contributed by atoms with Crippen LogP contribution in [-0.4, -0.2) is 54.6 Å². The van der Waals surface area contributed by atoms with Crippen molar-refractivity contribution in [2.75, 3.05) is 7.11 Å². The SMILES string of the molecule is CCC=CCC=CCC1(OC(C)=O)C=C(Cl)C(=O)C1CC(OC(C)=O)C(CCCC(=O)OC)OC(C)=O. The van der Waals surface area contributed by atoms with Gasteiger partial charge >= 0.3 is 23.9 Å². The summed E-state index contributed by atoms with van der Waals surface area (Å²) >= 11 is 6.23. The fraction of sp³-hybridized carbons (Fsp3) is 0.593. The molecular weight excluding hydrogens is 504 g/mol. The highest BCUT2D eigenvalue weighted by atomic mass is 35.5. The van der Waals surface area contributed by atoms with E-state index in [4.69, 9.17) is 25.8 Å². The lowest BCUT2D eigenvalue weighted by atomic mass is 9.81. The summed E-state index contributed by atoms with van der Waals surface area (Å²) in [5.74, 6) is -3.80. The third-order valence-corrected chi connectivity index (χ3v) is 6.03. The topological polar surface area (TPSA) is 122 Å². The largest absolute Gasteiger partial charge is 0.469 e. The standard InChI is InChI=1S/C27H37ClO9/c1-6-7-8-9-10-11-15-27(37-20(4)31)17-22(28)26(33)21(27)16-24(36-19(3)30)23(35-18(2)29)13-12-14-25(32)34-5/h7-8,10-11,17,21,23-24H,6,9,12-16H2,1-5H3. The van der Waals surface area contributed by atoms with Gasteiger partial charge in [0.1, 0.15) is 17.8 Å².